The minimum Gasteiger partial charge on any atom is -0.396 e. The van der Waals surface area contributed by atoms with Crippen molar-refractivity contribution in [3.05, 3.63) is 0 Å². The molecule has 0 aromatic carbocycles. The highest BCUT2D eigenvalue weighted by atomic mass is 16.3. The molecule has 4 heteroatoms. The molecule has 0 aromatic heterocycles. The number of aliphatic hydroxyl groups excluding tert-OH is 1. The van der Waals surface area contributed by atoms with E-state index < -0.39 is 0 Å². The van der Waals surface area contributed by atoms with E-state index in [4.69, 9.17) is 5.11 Å². The van der Waals surface area contributed by atoms with E-state index in [1.807, 2.05) is 13.8 Å². The summed E-state index contributed by atoms with van der Waals surface area (Å²) in [5.41, 5.74) is 0. The highest BCUT2D eigenvalue weighted by molar-refractivity contribution is 5.78. The van der Waals surface area contributed by atoms with Crippen LogP contribution in [0.4, 0.5) is 0 Å². The Labute approximate surface area is 111 Å². The summed E-state index contributed by atoms with van der Waals surface area (Å²) in [4.78, 5) is 11.8. The van der Waals surface area contributed by atoms with E-state index in [9.17, 15) is 4.79 Å². The van der Waals surface area contributed by atoms with Crippen molar-refractivity contribution in [1.29, 1.82) is 0 Å². The van der Waals surface area contributed by atoms with E-state index in [0.717, 1.165) is 12.8 Å². The summed E-state index contributed by atoms with van der Waals surface area (Å²) in [5.74, 6) is 0.259. The lowest BCUT2D eigenvalue weighted by molar-refractivity contribution is -0.121. The molecule has 1 aliphatic rings. The lowest BCUT2D eigenvalue weighted by Crippen LogP contribution is -2.44. The van der Waals surface area contributed by atoms with Gasteiger partial charge in [0, 0.05) is 18.7 Å². The molecule has 0 bridgehead atoms. The van der Waals surface area contributed by atoms with Gasteiger partial charge in [0.25, 0.3) is 0 Å². The minimum atomic E-state index is 0.0823. The van der Waals surface area contributed by atoms with Gasteiger partial charge in [0.1, 0.15) is 0 Å². The molecule has 3 N–H and O–H groups in total. The fraction of sp³-hybridized carbons (Fsp3) is 0.929. The largest absolute Gasteiger partial charge is 0.396 e. The average molecular weight is 256 g/mol. The number of carbonyl (C=O) groups is 1. The van der Waals surface area contributed by atoms with Crippen LogP contribution in [0.15, 0.2) is 0 Å². The molecule has 0 heterocycles. The maximum atomic E-state index is 11.8. The molecule has 1 rings (SSSR count). The molecule has 1 fully saturated rings. The molecule has 1 saturated carbocycles. The summed E-state index contributed by atoms with van der Waals surface area (Å²) in [6, 6.07) is 0.530. The first-order valence-electron chi connectivity index (χ1n) is 7.27. The predicted molar refractivity (Wildman–Crippen MR) is 73.3 cm³/mol. The monoisotopic (exact) mass is 256 g/mol. The Kier molecular flexibility index (Phi) is 7.28. The molecule has 0 radical (unpaired) electrons. The molecule has 1 amide bonds. The van der Waals surface area contributed by atoms with Crippen LogP contribution in [0.1, 0.15) is 52.4 Å². The molecule has 2 atom stereocenters. The number of hydrogen-bond donors (Lipinski definition) is 3. The maximum Gasteiger partial charge on any atom is 0.234 e. The first-order valence-corrected chi connectivity index (χ1v) is 7.27. The van der Waals surface area contributed by atoms with Gasteiger partial charge >= 0.3 is 0 Å². The number of amides is 1. The first-order chi connectivity index (χ1) is 8.63. The van der Waals surface area contributed by atoms with Gasteiger partial charge in [-0.05, 0) is 25.7 Å². The van der Waals surface area contributed by atoms with E-state index >= 15 is 0 Å². The van der Waals surface area contributed by atoms with E-state index in [0.29, 0.717) is 12.6 Å². The van der Waals surface area contributed by atoms with Crippen LogP contribution < -0.4 is 10.6 Å². The van der Waals surface area contributed by atoms with E-state index in [2.05, 4.69) is 10.6 Å². The highest BCUT2D eigenvalue weighted by Gasteiger charge is 2.16. The number of carbonyl (C=O) groups excluding carboxylic acids is 1. The van der Waals surface area contributed by atoms with Gasteiger partial charge < -0.3 is 15.7 Å². The van der Waals surface area contributed by atoms with Gasteiger partial charge in [-0.15, -0.1) is 0 Å². The zero-order valence-corrected chi connectivity index (χ0v) is 11.7. The van der Waals surface area contributed by atoms with Crippen molar-refractivity contribution in [2.45, 2.75) is 64.5 Å². The molecule has 0 aromatic rings. The van der Waals surface area contributed by atoms with Gasteiger partial charge in [0.05, 0.1) is 6.54 Å². The topological polar surface area (TPSA) is 61.4 Å². The Morgan fingerprint density at radius 2 is 1.83 bits per heavy atom. The SMILES string of the molecule is CC(CO)C(C)NCC(=O)NC1CCCCCC1. The van der Waals surface area contributed by atoms with Crippen molar-refractivity contribution in [2.75, 3.05) is 13.2 Å². The third-order valence-corrected chi connectivity index (χ3v) is 3.95. The predicted octanol–water partition coefficient (Wildman–Crippen LogP) is 1.43. The highest BCUT2D eigenvalue weighted by Crippen LogP contribution is 2.16. The van der Waals surface area contributed by atoms with Crippen LogP contribution in [0.3, 0.4) is 0 Å². The number of rotatable bonds is 6. The van der Waals surface area contributed by atoms with Gasteiger partial charge in [-0.2, -0.15) is 0 Å². The summed E-state index contributed by atoms with van der Waals surface area (Å²) < 4.78 is 0. The second kappa shape index (κ2) is 8.48. The van der Waals surface area contributed by atoms with Crippen molar-refractivity contribution in [1.82, 2.24) is 10.6 Å². The third kappa shape index (κ3) is 5.83. The van der Waals surface area contributed by atoms with Crippen molar-refractivity contribution < 1.29 is 9.90 Å². The van der Waals surface area contributed by atoms with Crippen LogP contribution >= 0.6 is 0 Å². The smallest absolute Gasteiger partial charge is 0.234 e. The normalized spacial score (nSPS) is 21.1. The molecule has 4 nitrogen and oxygen atoms in total. The lowest BCUT2D eigenvalue weighted by atomic mass is 10.1. The number of aliphatic hydroxyl groups is 1. The zero-order valence-electron chi connectivity index (χ0n) is 11.7. The van der Waals surface area contributed by atoms with Gasteiger partial charge in [-0.3, -0.25) is 4.79 Å². The summed E-state index contributed by atoms with van der Waals surface area (Å²) in [6.07, 6.45) is 7.31. The van der Waals surface area contributed by atoms with Crippen LogP contribution in [0.5, 0.6) is 0 Å². The van der Waals surface area contributed by atoms with Gasteiger partial charge in [-0.1, -0.05) is 32.6 Å². The quantitative estimate of drug-likeness (QED) is 0.630. The molecular weight excluding hydrogens is 228 g/mol. The summed E-state index contributed by atoms with van der Waals surface area (Å²) in [5, 5.41) is 15.3. The van der Waals surface area contributed by atoms with E-state index in [1.165, 1.54) is 25.7 Å². The second-order valence-corrected chi connectivity index (χ2v) is 5.59. The molecule has 0 spiro atoms. The fourth-order valence-corrected chi connectivity index (χ4v) is 2.32. The Bertz CT molecular complexity index is 238. The van der Waals surface area contributed by atoms with E-state index in [-0.39, 0.29) is 24.5 Å². The van der Waals surface area contributed by atoms with Crippen LogP contribution in [-0.2, 0) is 4.79 Å². The van der Waals surface area contributed by atoms with Crippen LogP contribution in [0, 0.1) is 5.92 Å². The summed E-state index contributed by atoms with van der Waals surface area (Å²) in [6.45, 7) is 4.47. The Morgan fingerprint density at radius 1 is 1.22 bits per heavy atom. The Hall–Kier alpha value is -0.610. The van der Waals surface area contributed by atoms with Crippen molar-refractivity contribution in [3.63, 3.8) is 0 Å². The maximum absolute atomic E-state index is 11.8. The lowest BCUT2D eigenvalue weighted by Gasteiger charge is -2.21. The Morgan fingerprint density at radius 3 is 2.39 bits per heavy atom. The Balaban J connectivity index is 2.20. The second-order valence-electron chi connectivity index (χ2n) is 5.59. The fourth-order valence-electron chi connectivity index (χ4n) is 2.32. The van der Waals surface area contributed by atoms with Gasteiger partial charge in [-0.25, -0.2) is 0 Å². The number of nitrogens with one attached hydrogen (secondary N) is 2. The molecule has 1 aliphatic carbocycles. The summed E-state index contributed by atoms with van der Waals surface area (Å²) in [7, 11) is 0. The molecule has 106 valence electrons. The van der Waals surface area contributed by atoms with Crippen LogP contribution in [-0.4, -0.2) is 36.2 Å². The standard InChI is InChI=1S/C14H28N2O2/c1-11(10-17)12(2)15-9-14(18)16-13-7-5-3-4-6-8-13/h11-13,15,17H,3-10H2,1-2H3,(H,16,18). The molecule has 18 heavy (non-hydrogen) atoms. The third-order valence-electron chi connectivity index (χ3n) is 3.95. The average Bonchev–Trinajstić information content (AvgIpc) is 2.63. The summed E-state index contributed by atoms with van der Waals surface area (Å²) >= 11 is 0. The minimum absolute atomic E-state index is 0.0823. The van der Waals surface area contributed by atoms with Gasteiger partial charge in [0.15, 0.2) is 0 Å². The van der Waals surface area contributed by atoms with Gasteiger partial charge in [0.2, 0.25) is 5.91 Å². The van der Waals surface area contributed by atoms with E-state index in [1.54, 1.807) is 0 Å². The van der Waals surface area contributed by atoms with Crippen molar-refractivity contribution >= 4 is 5.91 Å². The zero-order chi connectivity index (χ0) is 13.4. The molecular formula is C14H28N2O2. The molecule has 0 aliphatic heterocycles. The van der Waals surface area contributed by atoms with Crippen LogP contribution in [0.25, 0.3) is 0 Å². The van der Waals surface area contributed by atoms with Crippen molar-refractivity contribution in [2.24, 2.45) is 5.92 Å². The first kappa shape index (κ1) is 15.4. The molecule has 2 unspecified atom stereocenters. The molecule has 0 saturated heterocycles. The van der Waals surface area contributed by atoms with Crippen molar-refractivity contribution in [3.8, 4) is 0 Å². The van der Waals surface area contributed by atoms with Crippen LogP contribution in [0.2, 0.25) is 0 Å². The number of hydrogen-bond acceptors (Lipinski definition) is 3.